The lowest BCUT2D eigenvalue weighted by Crippen LogP contribution is -2.57. The monoisotopic (exact) mass is 442 g/mol. The summed E-state index contributed by atoms with van der Waals surface area (Å²) in [4.78, 5) is 52.7. The molecule has 0 bridgehead atoms. The molecule has 2 fully saturated rings. The number of carbonyl (C=O) groups is 4. The third kappa shape index (κ3) is 4.76. The molecule has 172 valence electrons. The normalized spacial score (nSPS) is 17.7. The Morgan fingerprint density at radius 2 is 1.75 bits per heavy atom. The number of nitrogens with one attached hydrogen (secondary N) is 1. The lowest BCUT2D eigenvalue weighted by Gasteiger charge is -2.43. The van der Waals surface area contributed by atoms with Crippen molar-refractivity contribution in [2.75, 3.05) is 25.0 Å². The summed E-state index contributed by atoms with van der Waals surface area (Å²) in [5.41, 5.74) is 2.43. The second-order valence-corrected chi connectivity index (χ2v) is 9.19. The molecule has 2 saturated heterocycles. The van der Waals surface area contributed by atoms with Crippen molar-refractivity contribution in [3.8, 4) is 0 Å². The van der Waals surface area contributed by atoms with Crippen LogP contribution in [0.4, 0.5) is 10.5 Å². The van der Waals surface area contributed by atoms with Crippen LogP contribution in [0.25, 0.3) is 0 Å². The number of hydrazine groups is 1. The largest absolute Gasteiger partial charge is 0.444 e. The number of anilines is 1. The van der Waals surface area contributed by atoms with Gasteiger partial charge in [0, 0.05) is 31.4 Å². The predicted molar refractivity (Wildman–Crippen MR) is 119 cm³/mol. The van der Waals surface area contributed by atoms with Gasteiger partial charge in [0.1, 0.15) is 5.60 Å². The van der Waals surface area contributed by atoms with Crippen LogP contribution >= 0.6 is 0 Å². The van der Waals surface area contributed by atoms with E-state index < -0.39 is 17.2 Å². The number of benzene rings is 1. The van der Waals surface area contributed by atoms with E-state index >= 15 is 0 Å². The van der Waals surface area contributed by atoms with Gasteiger partial charge in [-0.3, -0.25) is 19.8 Å². The Hall–Kier alpha value is -3.36. The molecule has 0 radical (unpaired) electrons. The van der Waals surface area contributed by atoms with Crippen molar-refractivity contribution in [1.29, 1.82) is 0 Å². The Balaban J connectivity index is 1.73. The summed E-state index contributed by atoms with van der Waals surface area (Å²) in [6.07, 6.45) is 1.94. The first-order chi connectivity index (χ1) is 15.0. The highest BCUT2D eigenvalue weighted by atomic mass is 16.6. The summed E-state index contributed by atoms with van der Waals surface area (Å²) in [5.74, 6) is -0.811. The molecule has 1 N–H and O–H groups in total. The van der Waals surface area contributed by atoms with Crippen molar-refractivity contribution in [3.63, 3.8) is 0 Å². The zero-order chi connectivity index (χ0) is 23.7. The van der Waals surface area contributed by atoms with E-state index in [1.807, 2.05) is 20.8 Å². The molecule has 9 heteroatoms. The third-order valence-electron chi connectivity index (χ3n) is 5.76. The van der Waals surface area contributed by atoms with Gasteiger partial charge >= 0.3 is 6.09 Å². The van der Waals surface area contributed by atoms with Gasteiger partial charge in [0.2, 0.25) is 11.8 Å². The standard InChI is InChI=1S/C23H30N4O5/c1-6-19(29)25(5)17-9-7-16(8-10-17)20(30)27-23(15-18(28)24-27)11-13-26(14-12-23)21(31)32-22(2,3)4/h6-10H,1,11-15H2,2-5H3,(H,24,28). The Bertz CT molecular complexity index is 927. The molecule has 3 rings (SSSR count). The Morgan fingerprint density at radius 3 is 2.28 bits per heavy atom. The van der Waals surface area contributed by atoms with Crippen LogP contribution in [0.2, 0.25) is 0 Å². The fraction of sp³-hybridized carbons (Fsp3) is 0.478. The summed E-state index contributed by atoms with van der Waals surface area (Å²) in [5, 5.41) is 1.41. The number of carbonyl (C=O) groups excluding carboxylic acids is 4. The van der Waals surface area contributed by atoms with Gasteiger partial charge in [-0.15, -0.1) is 0 Å². The van der Waals surface area contributed by atoms with Crippen LogP contribution in [-0.4, -0.2) is 65.0 Å². The Morgan fingerprint density at radius 1 is 1.16 bits per heavy atom. The van der Waals surface area contributed by atoms with Crippen molar-refractivity contribution < 1.29 is 23.9 Å². The van der Waals surface area contributed by atoms with Gasteiger partial charge in [0.25, 0.3) is 5.91 Å². The molecule has 4 amide bonds. The van der Waals surface area contributed by atoms with Crippen LogP contribution < -0.4 is 10.3 Å². The Labute approximate surface area is 187 Å². The topological polar surface area (TPSA) is 99.3 Å². The molecule has 1 aromatic rings. The first kappa shape index (κ1) is 23.3. The lowest BCUT2D eigenvalue weighted by molar-refractivity contribution is -0.120. The maximum absolute atomic E-state index is 13.2. The van der Waals surface area contributed by atoms with Gasteiger partial charge in [0.15, 0.2) is 0 Å². The van der Waals surface area contributed by atoms with E-state index in [1.54, 1.807) is 36.2 Å². The summed E-state index contributed by atoms with van der Waals surface area (Å²) in [7, 11) is 1.62. The second kappa shape index (κ2) is 8.64. The van der Waals surface area contributed by atoms with E-state index in [1.165, 1.54) is 16.0 Å². The summed E-state index contributed by atoms with van der Waals surface area (Å²) in [6, 6.07) is 6.59. The maximum Gasteiger partial charge on any atom is 0.410 e. The zero-order valence-corrected chi connectivity index (χ0v) is 19.0. The van der Waals surface area contributed by atoms with Crippen molar-refractivity contribution >= 4 is 29.5 Å². The highest BCUT2D eigenvalue weighted by molar-refractivity contribution is 6.02. The number of likely N-dealkylation sites (N-methyl/N-ethyl adjacent to an activating group) is 1. The second-order valence-electron chi connectivity index (χ2n) is 9.19. The maximum atomic E-state index is 13.2. The van der Waals surface area contributed by atoms with Gasteiger partial charge < -0.3 is 14.5 Å². The van der Waals surface area contributed by atoms with Crippen molar-refractivity contribution in [2.45, 2.75) is 51.2 Å². The molecule has 0 unspecified atom stereocenters. The van der Waals surface area contributed by atoms with Gasteiger partial charge in [-0.25, -0.2) is 9.80 Å². The number of rotatable bonds is 3. The average Bonchev–Trinajstić information content (AvgIpc) is 3.06. The minimum absolute atomic E-state index is 0.190. The number of ether oxygens (including phenoxy) is 1. The van der Waals surface area contributed by atoms with Crippen LogP contribution in [0.3, 0.4) is 0 Å². The molecule has 1 aromatic carbocycles. The number of piperidine rings is 1. The molecular weight excluding hydrogens is 412 g/mol. The van der Waals surface area contributed by atoms with Crippen molar-refractivity contribution in [1.82, 2.24) is 15.3 Å². The highest BCUT2D eigenvalue weighted by Gasteiger charge is 2.50. The molecule has 0 aliphatic carbocycles. The average molecular weight is 443 g/mol. The number of amides is 4. The molecule has 0 aromatic heterocycles. The molecule has 9 nitrogen and oxygen atoms in total. The predicted octanol–water partition coefficient (Wildman–Crippen LogP) is 2.48. The van der Waals surface area contributed by atoms with E-state index in [9.17, 15) is 19.2 Å². The molecule has 2 aliphatic rings. The highest BCUT2D eigenvalue weighted by Crippen LogP contribution is 2.36. The van der Waals surface area contributed by atoms with E-state index in [4.69, 9.17) is 4.74 Å². The van der Waals surface area contributed by atoms with Gasteiger partial charge in [-0.05, 0) is 64.0 Å². The fourth-order valence-corrected chi connectivity index (χ4v) is 3.98. The molecular formula is C23H30N4O5. The van der Waals surface area contributed by atoms with E-state index in [2.05, 4.69) is 12.0 Å². The third-order valence-corrected chi connectivity index (χ3v) is 5.76. The molecule has 2 heterocycles. The SMILES string of the molecule is C=CC(=O)N(C)c1ccc(C(=O)N2NC(=O)CC23CCN(C(=O)OC(C)(C)C)CC3)cc1. The van der Waals surface area contributed by atoms with Crippen LogP contribution in [0.5, 0.6) is 0 Å². The van der Waals surface area contributed by atoms with Gasteiger partial charge in [-0.1, -0.05) is 6.58 Å². The first-order valence-corrected chi connectivity index (χ1v) is 10.6. The van der Waals surface area contributed by atoms with Crippen molar-refractivity contribution in [2.24, 2.45) is 0 Å². The van der Waals surface area contributed by atoms with E-state index in [-0.39, 0.29) is 24.1 Å². The number of hydrogen-bond acceptors (Lipinski definition) is 5. The van der Waals surface area contributed by atoms with E-state index in [0.717, 1.165) is 0 Å². The smallest absolute Gasteiger partial charge is 0.410 e. The number of likely N-dealkylation sites (tertiary alicyclic amines) is 1. The first-order valence-electron chi connectivity index (χ1n) is 10.6. The van der Waals surface area contributed by atoms with Crippen LogP contribution in [0, 0.1) is 0 Å². The summed E-state index contributed by atoms with van der Waals surface area (Å²) in [6.45, 7) is 9.69. The molecule has 0 atom stereocenters. The van der Waals surface area contributed by atoms with Crippen LogP contribution in [-0.2, 0) is 14.3 Å². The van der Waals surface area contributed by atoms with Crippen molar-refractivity contribution in [3.05, 3.63) is 42.5 Å². The van der Waals surface area contributed by atoms with Gasteiger partial charge in [-0.2, -0.15) is 0 Å². The molecule has 0 saturated carbocycles. The minimum Gasteiger partial charge on any atom is -0.444 e. The lowest BCUT2D eigenvalue weighted by atomic mass is 9.84. The van der Waals surface area contributed by atoms with E-state index in [0.29, 0.717) is 37.2 Å². The molecule has 1 spiro atoms. The minimum atomic E-state index is -0.694. The Kier molecular flexibility index (Phi) is 6.29. The van der Waals surface area contributed by atoms with Crippen LogP contribution in [0.15, 0.2) is 36.9 Å². The molecule has 32 heavy (non-hydrogen) atoms. The summed E-state index contributed by atoms with van der Waals surface area (Å²) < 4.78 is 5.44. The number of hydrogen-bond donors (Lipinski definition) is 1. The number of nitrogens with zero attached hydrogens (tertiary/aromatic N) is 3. The summed E-state index contributed by atoms with van der Waals surface area (Å²) >= 11 is 0. The fourth-order valence-electron chi connectivity index (χ4n) is 3.98. The van der Waals surface area contributed by atoms with Crippen LogP contribution in [0.1, 0.15) is 50.4 Å². The molecule has 2 aliphatic heterocycles. The zero-order valence-electron chi connectivity index (χ0n) is 19.0. The quantitative estimate of drug-likeness (QED) is 0.725. The van der Waals surface area contributed by atoms with Gasteiger partial charge in [0.05, 0.1) is 12.0 Å².